The van der Waals surface area contributed by atoms with Crippen LogP contribution in [0.2, 0.25) is 0 Å². The van der Waals surface area contributed by atoms with Crippen molar-refractivity contribution in [2.24, 2.45) is 35.5 Å². The van der Waals surface area contributed by atoms with Crippen LogP contribution in [-0.2, 0) is 16.2 Å². The van der Waals surface area contributed by atoms with E-state index in [1.165, 1.54) is 155 Å². The molecule has 2 nitrogen and oxygen atoms in total. The molecule has 2 heteroatoms. The van der Waals surface area contributed by atoms with Crippen molar-refractivity contribution in [3.8, 4) is 27.9 Å². The predicted molar refractivity (Wildman–Crippen MR) is 278 cm³/mol. The summed E-state index contributed by atoms with van der Waals surface area (Å²) in [7, 11) is 0. The normalized spacial score (nSPS) is 29.2. The van der Waals surface area contributed by atoms with Crippen LogP contribution in [-0.4, -0.2) is 4.57 Å². The fourth-order valence-corrected chi connectivity index (χ4v) is 17.5. The van der Waals surface area contributed by atoms with Gasteiger partial charge in [-0.3, -0.25) is 0 Å². The number of hydrogen-bond donors (Lipinski definition) is 0. The fraction of sp³-hybridized carbons (Fsp3) is 0.354. The van der Waals surface area contributed by atoms with Crippen LogP contribution in [0.1, 0.15) is 113 Å². The van der Waals surface area contributed by atoms with E-state index in [-0.39, 0.29) is 5.41 Å². The molecule has 0 spiro atoms. The van der Waals surface area contributed by atoms with Crippen LogP contribution < -0.4 is 4.90 Å². The lowest BCUT2D eigenvalue weighted by Crippen LogP contribution is -2.48. The molecule has 9 aliphatic carbocycles. The minimum Gasteiger partial charge on any atom is -0.310 e. The van der Waals surface area contributed by atoms with Crippen molar-refractivity contribution in [3.05, 3.63) is 180 Å². The van der Waals surface area contributed by atoms with Gasteiger partial charge >= 0.3 is 0 Å². The highest BCUT2D eigenvalue weighted by molar-refractivity contribution is 6.14. The lowest BCUT2D eigenvalue weighted by molar-refractivity contribution is -0.00529. The Morgan fingerprint density at radius 3 is 1.46 bits per heavy atom. The SMILES string of the molecule is CC1(C)c2cc(N(c3ccc(C45CC6CC(CC(C6)C4)C5)cc3)c3ccc(C45CC6CC(CC(C6)C4)C5)cc3)ccc2-c2ccc3c4cc(-c5ccccc5)ccc4n(-c4ccccc4)c3c21. The summed E-state index contributed by atoms with van der Waals surface area (Å²) < 4.78 is 2.55. The Morgan fingerprint density at radius 2 is 0.925 bits per heavy atom. The number of fused-ring (bicyclic) bond motifs is 7. The molecule has 1 aromatic heterocycles. The summed E-state index contributed by atoms with van der Waals surface area (Å²) in [5.41, 5.74) is 19.3. The van der Waals surface area contributed by atoms with Gasteiger partial charge in [-0.25, -0.2) is 0 Å². The lowest BCUT2D eigenvalue weighted by Gasteiger charge is -2.57. The molecule has 8 saturated carbocycles. The molecular formula is C65H62N2. The molecule has 332 valence electrons. The lowest BCUT2D eigenvalue weighted by atomic mass is 9.48. The summed E-state index contributed by atoms with van der Waals surface area (Å²) in [6, 6.07) is 61.4. The van der Waals surface area contributed by atoms with Crippen molar-refractivity contribution >= 4 is 38.9 Å². The van der Waals surface area contributed by atoms with Crippen LogP contribution in [0.4, 0.5) is 17.1 Å². The summed E-state index contributed by atoms with van der Waals surface area (Å²) in [5, 5.41) is 2.62. The highest BCUT2D eigenvalue weighted by Crippen LogP contribution is 2.63. The van der Waals surface area contributed by atoms with Gasteiger partial charge in [0.05, 0.1) is 11.0 Å². The summed E-state index contributed by atoms with van der Waals surface area (Å²) >= 11 is 0. The van der Waals surface area contributed by atoms with E-state index in [1.807, 2.05) is 0 Å². The van der Waals surface area contributed by atoms with E-state index in [0.29, 0.717) is 10.8 Å². The van der Waals surface area contributed by atoms with Gasteiger partial charge in [0.15, 0.2) is 0 Å². The van der Waals surface area contributed by atoms with Crippen molar-refractivity contribution in [2.45, 2.75) is 107 Å². The molecule has 0 N–H and O–H groups in total. The first-order chi connectivity index (χ1) is 32.8. The van der Waals surface area contributed by atoms with Crippen LogP contribution in [0.5, 0.6) is 0 Å². The highest BCUT2D eigenvalue weighted by atomic mass is 15.1. The first kappa shape index (κ1) is 39.2. The van der Waals surface area contributed by atoms with E-state index in [2.05, 4.69) is 181 Å². The number of benzene rings is 7. The molecule has 0 unspecified atom stereocenters. The number of anilines is 3. The van der Waals surface area contributed by atoms with Gasteiger partial charge in [0, 0.05) is 38.9 Å². The third-order valence-corrected chi connectivity index (χ3v) is 19.5. The van der Waals surface area contributed by atoms with Crippen LogP contribution in [0.25, 0.3) is 49.7 Å². The number of para-hydroxylation sites is 1. The Kier molecular flexibility index (Phi) is 8.24. The molecule has 1 heterocycles. The highest BCUT2D eigenvalue weighted by Gasteiger charge is 2.53. The second kappa shape index (κ2) is 14.1. The Labute approximate surface area is 397 Å². The number of aromatic nitrogens is 1. The second-order valence-corrected chi connectivity index (χ2v) is 23.8. The van der Waals surface area contributed by atoms with Gasteiger partial charge in [-0.15, -0.1) is 0 Å². The van der Waals surface area contributed by atoms with E-state index in [0.717, 1.165) is 35.5 Å². The Hall–Kier alpha value is -5.86. The van der Waals surface area contributed by atoms with E-state index < -0.39 is 0 Å². The molecule has 7 aromatic carbocycles. The average molecular weight is 871 g/mol. The van der Waals surface area contributed by atoms with Crippen LogP contribution in [0.15, 0.2) is 158 Å². The van der Waals surface area contributed by atoms with Crippen LogP contribution in [0, 0.1) is 35.5 Å². The van der Waals surface area contributed by atoms with Crippen LogP contribution in [0.3, 0.4) is 0 Å². The smallest absolute Gasteiger partial charge is 0.0588 e. The maximum Gasteiger partial charge on any atom is 0.0588 e. The predicted octanol–water partition coefficient (Wildman–Crippen LogP) is 17.2. The standard InChI is InChI=1S/C65H62N2/c1-63(2)59-34-54(22-23-55(59)56-24-25-57-58-33-48(47-9-5-3-6-10-47)13-26-60(58)67(62(57)61(56)63)51-11-7-4-8-12-51)66(52-18-14-49(15-19-52)64-35-41-27-42(36-64)29-43(28-41)37-64)53-20-16-50(17-21-53)65-38-44-30-45(39-65)32-46(31-44)40-65/h3-26,33-34,41-46H,27-32,35-40H2,1-2H3. The molecule has 0 saturated heterocycles. The summed E-state index contributed by atoms with van der Waals surface area (Å²) in [4.78, 5) is 2.59. The summed E-state index contributed by atoms with van der Waals surface area (Å²) in [5.74, 6) is 5.64. The van der Waals surface area contributed by atoms with Crippen LogP contribution >= 0.6 is 0 Å². The minimum absolute atomic E-state index is 0.250. The van der Waals surface area contributed by atoms with E-state index in [9.17, 15) is 0 Å². The summed E-state index contributed by atoms with van der Waals surface area (Å²) in [6.07, 6.45) is 17.3. The van der Waals surface area contributed by atoms with E-state index in [1.54, 1.807) is 11.1 Å². The van der Waals surface area contributed by atoms with Gasteiger partial charge < -0.3 is 9.47 Å². The van der Waals surface area contributed by atoms with Gasteiger partial charge in [0.1, 0.15) is 0 Å². The molecular weight excluding hydrogens is 809 g/mol. The molecule has 8 bridgehead atoms. The van der Waals surface area contributed by atoms with Gasteiger partial charge in [0.25, 0.3) is 0 Å². The zero-order valence-electron chi connectivity index (χ0n) is 39.4. The second-order valence-electron chi connectivity index (χ2n) is 23.8. The number of hydrogen-bond acceptors (Lipinski definition) is 1. The maximum absolute atomic E-state index is 2.59. The summed E-state index contributed by atoms with van der Waals surface area (Å²) in [6.45, 7) is 4.96. The molecule has 17 rings (SSSR count). The largest absolute Gasteiger partial charge is 0.310 e. The minimum atomic E-state index is -0.250. The quantitative estimate of drug-likeness (QED) is 0.155. The third kappa shape index (κ3) is 5.80. The first-order valence-corrected chi connectivity index (χ1v) is 26.2. The average Bonchev–Trinajstić information content (AvgIpc) is 3.79. The van der Waals surface area contributed by atoms with Gasteiger partial charge in [-0.05, 0) is 229 Å². The zero-order valence-corrected chi connectivity index (χ0v) is 39.4. The monoisotopic (exact) mass is 870 g/mol. The molecule has 0 radical (unpaired) electrons. The Morgan fingerprint density at radius 1 is 0.433 bits per heavy atom. The van der Waals surface area contributed by atoms with Gasteiger partial charge in [-0.2, -0.15) is 0 Å². The van der Waals surface area contributed by atoms with Crippen molar-refractivity contribution in [3.63, 3.8) is 0 Å². The maximum atomic E-state index is 2.59. The molecule has 9 aliphatic rings. The molecule has 0 atom stereocenters. The van der Waals surface area contributed by atoms with E-state index >= 15 is 0 Å². The molecule has 8 aromatic rings. The molecule has 67 heavy (non-hydrogen) atoms. The molecule has 0 aliphatic heterocycles. The Bertz CT molecular complexity index is 3100. The Balaban J connectivity index is 0.864. The number of nitrogens with zero attached hydrogens (tertiary/aromatic N) is 2. The van der Waals surface area contributed by atoms with Gasteiger partial charge in [-0.1, -0.05) is 111 Å². The van der Waals surface area contributed by atoms with Crippen molar-refractivity contribution < 1.29 is 0 Å². The van der Waals surface area contributed by atoms with Gasteiger partial charge in [0.2, 0.25) is 0 Å². The van der Waals surface area contributed by atoms with E-state index in [4.69, 9.17) is 0 Å². The van der Waals surface area contributed by atoms with Crippen molar-refractivity contribution in [1.82, 2.24) is 4.57 Å². The molecule has 0 amide bonds. The van der Waals surface area contributed by atoms with Crippen molar-refractivity contribution in [2.75, 3.05) is 4.90 Å². The zero-order chi connectivity index (χ0) is 44.2. The fourth-order valence-electron chi connectivity index (χ4n) is 17.5. The topological polar surface area (TPSA) is 8.17 Å². The first-order valence-electron chi connectivity index (χ1n) is 26.2. The third-order valence-electron chi connectivity index (χ3n) is 19.5. The molecule has 8 fully saturated rings. The van der Waals surface area contributed by atoms with Crippen molar-refractivity contribution in [1.29, 1.82) is 0 Å². The number of rotatable bonds is 7.